The molecular weight excluding hydrogens is 280 g/mol. The zero-order valence-electron chi connectivity index (χ0n) is 13.3. The Morgan fingerprint density at radius 1 is 1.27 bits per heavy atom. The molecule has 6 heteroatoms. The van der Waals surface area contributed by atoms with E-state index >= 15 is 0 Å². The topological polar surface area (TPSA) is 76.9 Å². The summed E-state index contributed by atoms with van der Waals surface area (Å²) in [6, 6.07) is 7.76. The van der Waals surface area contributed by atoms with Crippen molar-refractivity contribution in [1.82, 2.24) is 15.0 Å². The fourth-order valence-corrected chi connectivity index (χ4v) is 2.02. The Bertz CT molecular complexity index is 681. The van der Waals surface area contributed by atoms with Crippen LogP contribution in [-0.2, 0) is 16.8 Å². The highest BCUT2D eigenvalue weighted by Gasteiger charge is 2.14. The number of nitrogens with zero attached hydrogens (tertiary/aromatic N) is 3. The van der Waals surface area contributed by atoms with Gasteiger partial charge in [-0.1, -0.05) is 38.1 Å². The quantitative estimate of drug-likeness (QED) is 0.879. The van der Waals surface area contributed by atoms with Gasteiger partial charge in [0.05, 0.1) is 5.69 Å². The molecule has 6 nitrogen and oxygen atoms in total. The van der Waals surface area contributed by atoms with Crippen LogP contribution in [-0.4, -0.2) is 27.2 Å². The van der Waals surface area contributed by atoms with E-state index < -0.39 is 0 Å². The lowest BCUT2D eigenvalue weighted by molar-refractivity contribution is -0.117. The molecule has 0 bridgehead atoms. The van der Waals surface area contributed by atoms with Crippen molar-refractivity contribution in [2.75, 3.05) is 5.32 Å². The molecule has 0 radical (unpaired) electrons. The number of carbonyl (C=O) groups excluding carboxylic acids is 2. The lowest BCUT2D eigenvalue weighted by Gasteiger charge is -2.19. The van der Waals surface area contributed by atoms with Gasteiger partial charge in [0, 0.05) is 5.69 Å². The fourth-order valence-electron chi connectivity index (χ4n) is 2.02. The van der Waals surface area contributed by atoms with E-state index in [9.17, 15) is 9.59 Å². The van der Waals surface area contributed by atoms with E-state index in [4.69, 9.17) is 0 Å². The zero-order valence-corrected chi connectivity index (χ0v) is 13.3. The van der Waals surface area contributed by atoms with E-state index in [0.717, 1.165) is 5.69 Å². The average molecular weight is 300 g/mol. The standard InChI is InChI=1S/C16H20N4O2/c1-11-14(10-21)18-19-20(11)9-15(22)17-13-7-5-12(6-8-13)16(2,3)4/h5-8,10H,9H2,1-4H3,(H,17,22). The number of benzene rings is 1. The molecule has 1 N–H and O–H groups in total. The molecule has 1 heterocycles. The third-order valence-electron chi connectivity index (χ3n) is 3.46. The van der Waals surface area contributed by atoms with E-state index in [2.05, 4.69) is 36.4 Å². The highest BCUT2D eigenvalue weighted by atomic mass is 16.2. The molecular formula is C16H20N4O2. The first-order valence-corrected chi connectivity index (χ1v) is 7.07. The molecule has 0 fully saturated rings. The summed E-state index contributed by atoms with van der Waals surface area (Å²) < 4.78 is 1.41. The van der Waals surface area contributed by atoms with Crippen molar-refractivity contribution in [1.29, 1.82) is 0 Å². The second kappa shape index (κ2) is 6.09. The van der Waals surface area contributed by atoms with Crippen LogP contribution in [0.3, 0.4) is 0 Å². The van der Waals surface area contributed by atoms with Crippen LogP contribution >= 0.6 is 0 Å². The normalized spacial score (nSPS) is 11.3. The Labute approximate surface area is 129 Å². The third kappa shape index (κ3) is 3.58. The molecule has 116 valence electrons. The van der Waals surface area contributed by atoms with Gasteiger partial charge in [0.1, 0.15) is 12.2 Å². The summed E-state index contributed by atoms with van der Waals surface area (Å²) in [4.78, 5) is 22.7. The van der Waals surface area contributed by atoms with Crippen LogP contribution in [0.5, 0.6) is 0 Å². The monoisotopic (exact) mass is 300 g/mol. The van der Waals surface area contributed by atoms with Crippen molar-refractivity contribution in [3.8, 4) is 0 Å². The summed E-state index contributed by atoms with van der Waals surface area (Å²) in [7, 11) is 0. The molecule has 2 aromatic rings. The molecule has 2 rings (SSSR count). The highest BCUT2D eigenvalue weighted by molar-refractivity contribution is 5.90. The number of aromatic nitrogens is 3. The number of carbonyl (C=O) groups is 2. The molecule has 0 aliphatic carbocycles. The SMILES string of the molecule is Cc1c(C=O)nnn1CC(=O)Nc1ccc(C(C)(C)C)cc1. The van der Waals surface area contributed by atoms with E-state index in [1.807, 2.05) is 24.3 Å². The largest absolute Gasteiger partial charge is 0.324 e. The zero-order chi connectivity index (χ0) is 16.3. The number of hydrogen-bond acceptors (Lipinski definition) is 4. The number of nitrogens with one attached hydrogen (secondary N) is 1. The molecule has 0 aliphatic heterocycles. The second-order valence-electron chi connectivity index (χ2n) is 6.21. The van der Waals surface area contributed by atoms with Gasteiger partial charge in [0.15, 0.2) is 6.29 Å². The Morgan fingerprint density at radius 3 is 2.41 bits per heavy atom. The maximum absolute atomic E-state index is 12.0. The number of anilines is 1. The van der Waals surface area contributed by atoms with Crippen LogP contribution < -0.4 is 5.32 Å². The number of rotatable bonds is 4. The van der Waals surface area contributed by atoms with Gasteiger partial charge in [0.2, 0.25) is 5.91 Å². The second-order valence-corrected chi connectivity index (χ2v) is 6.21. The maximum Gasteiger partial charge on any atom is 0.246 e. The fraction of sp³-hybridized carbons (Fsp3) is 0.375. The molecule has 0 saturated carbocycles. The van der Waals surface area contributed by atoms with Gasteiger partial charge in [-0.2, -0.15) is 0 Å². The van der Waals surface area contributed by atoms with Crippen LogP contribution in [0.15, 0.2) is 24.3 Å². The molecule has 0 aliphatic rings. The van der Waals surface area contributed by atoms with Crippen LogP contribution in [0.25, 0.3) is 0 Å². The van der Waals surface area contributed by atoms with E-state index in [-0.39, 0.29) is 23.6 Å². The summed E-state index contributed by atoms with van der Waals surface area (Å²) in [6.45, 7) is 8.14. The van der Waals surface area contributed by atoms with Crippen LogP contribution in [0.2, 0.25) is 0 Å². The Hall–Kier alpha value is -2.50. The van der Waals surface area contributed by atoms with E-state index in [1.54, 1.807) is 6.92 Å². The van der Waals surface area contributed by atoms with Crippen LogP contribution in [0.1, 0.15) is 42.5 Å². The van der Waals surface area contributed by atoms with Crippen molar-refractivity contribution in [3.63, 3.8) is 0 Å². The van der Waals surface area contributed by atoms with E-state index in [1.165, 1.54) is 10.2 Å². The molecule has 0 atom stereocenters. The number of hydrogen-bond donors (Lipinski definition) is 1. The average Bonchev–Trinajstić information content (AvgIpc) is 2.79. The van der Waals surface area contributed by atoms with Gasteiger partial charge >= 0.3 is 0 Å². The van der Waals surface area contributed by atoms with Crippen molar-refractivity contribution in [3.05, 3.63) is 41.2 Å². The van der Waals surface area contributed by atoms with Crippen molar-refractivity contribution >= 4 is 17.9 Å². The van der Waals surface area contributed by atoms with Gasteiger partial charge in [-0.3, -0.25) is 9.59 Å². The predicted octanol–water partition coefficient (Wildman–Crippen LogP) is 2.34. The van der Waals surface area contributed by atoms with Crippen molar-refractivity contribution in [2.24, 2.45) is 0 Å². The van der Waals surface area contributed by atoms with Gasteiger partial charge in [-0.15, -0.1) is 5.10 Å². The molecule has 0 unspecified atom stereocenters. The summed E-state index contributed by atoms with van der Waals surface area (Å²) in [5, 5.41) is 10.3. The minimum absolute atomic E-state index is 0.0215. The molecule has 0 saturated heterocycles. The van der Waals surface area contributed by atoms with E-state index in [0.29, 0.717) is 12.0 Å². The lowest BCUT2D eigenvalue weighted by atomic mass is 9.87. The predicted molar refractivity (Wildman–Crippen MR) is 83.9 cm³/mol. The Balaban J connectivity index is 2.03. The van der Waals surface area contributed by atoms with Crippen molar-refractivity contribution in [2.45, 2.75) is 39.7 Å². The molecule has 1 aromatic carbocycles. The minimum Gasteiger partial charge on any atom is -0.324 e. The molecule has 1 aromatic heterocycles. The smallest absolute Gasteiger partial charge is 0.246 e. The van der Waals surface area contributed by atoms with Gasteiger partial charge in [0.25, 0.3) is 0 Å². The summed E-state index contributed by atoms with van der Waals surface area (Å²) in [6.07, 6.45) is 0.627. The molecule has 1 amide bonds. The maximum atomic E-state index is 12.0. The van der Waals surface area contributed by atoms with Gasteiger partial charge in [-0.25, -0.2) is 4.68 Å². The van der Waals surface area contributed by atoms with Gasteiger partial charge < -0.3 is 5.32 Å². The van der Waals surface area contributed by atoms with Crippen LogP contribution in [0, 0.1) is 6.92 Å². The Kier molecular flexibility index (Phi) is 4.40. The number of amides is 1. The first kappa shape index (κ1) is 15.9. The first-order valence-electron chi connectivity index (χ1n) is 7.07. The van der Waals surface area contributed by atoms with Crippen molar-refractivity contribution < 1.29 is 9.59 Å². The number of aldehydes is 1. The third-order valence-corrected chi connectivity index (χ3v) is 3.46. The highest BCUT2D eigenvalue weighted by Crippen LogP contribution is 2.23. The Morgan fingerprint density at radius 2 is 1.91 bits per heavy atom. The minimum atomic E-state index is -0.214. The summed E-state index contributed by atoms with van der Waals surface area (Å²) >= 11 is 0. The first-order chi connectivity index (χ1) is 10.3. The summed E-state index contributed by atoms with van der Waals surface area (Å²) in [5.74, 6) is -0.214. The molecule has 22 heavy (non-hydrogen) atoms. The van der Waals surface area contributed by atoms with Crippen LogP contribution in [0.4, 0.5) is 5.69 Å². The molecule has 0 spiro atoms. The van der Waals surface area contributed by atoms with Gasteiger partial charge in [-0.05, 0) is 30.0 Å². The summed E-state index contributed by atoms with van der Waals surface area (Å²) in [5.41, 5.74) is 2.83. The lowest BCUT2D eigenvalue weighted by Crippen LogP contribution is -2.20.